The second-order valence-corrected chi connectivity index (χ2v) is 3.37. The van der Waals surface area contributed by atoms with Crippen molar-refractivity contribution in [3.63, 3.8) is 0 Å². The first-order chi connectivity index (χ1) is 4.56. The van der Waals surface area contributed by atoms with E-state index in [2.05, 4.69) is 40.3 Å². The van der Waals surface area contributed by atoms with Gasteiger partial charge >= 0.3 is 0 Å². The summed E-state index contributed by atoms with van der Waals surface area (Å²) in [5, 5.41) is 0. The molecule has 0 aliphatic rings. The predicted molar refractivity (Wildman–Crippen MR) is 47.8 cm³/mol. The summed E-state index contributed by atoms with van der Waals surface area (Å²) in [6.07, 6.45) is 4.51. The highest BCUT2D eigenvalue weighted by Crippen LogP contribution is 2.34. The fourth-order valence-electron chi connectivity index (χ4n) is 1.08. The molecule has 0 aromatic rings. The Morgan fingerprint density at radius 3 is 2.10 bits per heavy atom. The summed E-state index contributed by atoms with van der Waals surface area (Å²) in [6.45, 7) is 12.7. The molecule has 0 rings (SSSR count). The maximum atomic E-state index is 3.85. The molecule has 0 aliphatic carbocycles. The molecular formula is C10H19. The zero-order valence-electron chi connectivity index (χ0n) is 7.70. The quantitative estimate of drug-likeness (QED) is 0.522. The molecule has 0 heterocycles. The number of hydrogen-bond donors (Lipinski definition) is 0. The molecule has 0 heteroatoms. The minimum absolute atomic E-state index is 0.273. The highest BCUT2D eigenvalue weighted by molar-refractivity contribution is 5.07. The maximum absolute atomic E-state index is 3.85. The van der Waals surface area contributed by atoms with Crippen LogP contribution in [0, 0.1) is 11.3 Å². The van der Waals surface area contributed by atoms with Gasteiger partial charge in [0.2, 0.25) is 0 Å². The molecule has 0 fully saturated rings. The second kappa shape index (κ2) is 3.80. The van der Waals surface area contributed by atoms with Crippen molar-refractivity contribution >= 4 is 0 Å². The second-order valence-electron chi connectivity index (χ2n) is 3.37. The molecule has 0 N–H and O–H groups in total. The Labute approximate surface area is 65.3 Å². The van der Waals surface area contributed by atoms with Crippen LogP contribution in [0.4, 0.5) is 0 Å². The van der Waals surface area contributed by atoms with E-state index >= 15 is 0 Å². The lowest BCUT2D eigenvalue weighted by molar-refractivity contribution is 0.409. The first-order valence-corrected chi connectivity index (χ1v) is 4.01. The topological polar surface area (TPSA) is 0 Å². The summed E-state index contributed by atoms with van der Waals surface area (Å²) in [6, 6.07) is 0. The van der Waals surface area contributed by atoms with Gasteiger partial charge in [-0.15, -0.1) is 6.58 Å². The molecule has 0 nitrogen and oxygen atoms in total. The number of hydrogen-bond acceptors (Lipinski definition) is 0. The van der Waals surface area contributed by atoms with Crippen molar-refractivity contribution in [2.75, 3.05) is 0 Å². The molecule has 10 heavy (non-hydrogen) atoms. The summed E-state index contributed by atoms with van der Waals surface area (Å²) < 4.78 is 0. The van der Waals surface area contributed by atoms with Crippen molar-refractivity contribution in [1.82, 2.24) is 0 Å². The van der Waals surface area contributed by atoms with Crippen molar-refractivity contribution in [2.45, 2.75) is 40.5 Å². The van der Waals surface area contributed by atoms with E-state index in [-0.39, 0.29) is 5.41 Å². The predicted octanol–water partition coefficient (Wildman–Crippen LogP) is 3.59. The lowest BCUT2D eigenvalue weighted by atomic mass is 9.76. The fraction of sp³-hybridized carbons (Fsp3) is 0.700. The van der Waals surface area contributed by atoms with Gasteiger partial charge in [-0.2, -0.15) is 0 Å². The van der Waals surface area contributed by atoms with Gasteiger partial charge in [0.15, 0.2) is 0 Å². The van der Waals surface area contributed by atoms with E-state index in [0.29, 0.717) is 0 Å². The van der Waals surface area contributed by atoms with Crippen molar-refractivity contribution < 1.29 is 0 Å². The molecule has 1 radical (unpaired) electrons. The minimum atomic E-state index is 0.273. The molecule has 1 unspecified atom stereocenters. The Morgan fingerprint density at radius 1 is 1.50 bits per heavy atom. The molecule has 0 saturated heterocycles. The van der Waals surface area contributed by atoms with Crippen molar-refractivity contribution in [2.24, 2.45) is 5.41 Å². The highest BCUT2D eigenvalue weighted by atomic mass is 14.3. The minimum Gasteiger partial charge on any atom is -0.103 e. The van der Waals surface area contributed by atoms with Gasteiger partial charge in [0.05, 0.1) is 0 Å². The van der Waals surface area contributed by atoms with E-state index < -0.39 is 0 Å². The third-order valence-electron chi connectivity index (χ3n) is 2.36. The Morgan fingerprint density at radius 2 is 2.00 bits per heavy atom. The molecule has 0 amide bonds. The normalized spacial score (nSPS) is 16.9. The molecular weight excluding hydrogens is 120 g/mol. The van der Waals surface area contributed by atoms with Gasteiger partial charge in [-0.1, -0.05) is 40.2 Å². The summed E-state index contributed by atoms with van der Waals surface area (Å²) >= 11 is 0. The Hall–Kier alpha value is -0.260. The third kappa shape index (κ3) is 2.17. The third-order valence-corrected chi connectivity index (χ3v) is 2.36. The molecule has 0 spiro atoms. The Bertz CT molecular complexity index is 103. The zero-order valence-corrected chi connectivity index (χ0v) is 7.70. The molecule has 0 saturated carbocycles. The van der Waals surface area contributed by atoms with Gasteiger partial charge in [-0.3, -0.25) is 0 Å². The SMILES string of the molecule is C=CC(C)(CCC)[C](C)C. The van der Waals surface area contributed by atoms with Crippen molar-refractivity contribution in [1.29, 1.82) is 0 Å². The van der Waals surface area contributed by atoms with E-state index in [9.17, 15) is 0 Å². The van der Waals surface area contributed by atoms with Gasteiger partial charge in [-0.25, -0.2) is 0 Å². The molecule has 59 valence electrons. The van der Waals surface area contributed by atoms with E-state index in [1.165, 1.54) is 18.8 Å². The number of allylic oxidation sites excluding steroid dienone is 1. The van der Waals surface area contributed by atoms with Crippen LogP contribution in [0.2, 0.25) is 0 Å². The van der Waals surface area contributed by atoms with Crippen LogP contribution in [0.25, 0.3) is 0 Å². The largest absolute Gasteiger partial charge is 0.103 e. The van der Waals surface area contributed by atoms with Crippen LogP contribution in [0.3, 0.4) is 0 Å². The molecule has 0 aromatic heterocycles. The average molecular weight is 139 g/mol. The van der Waals surface area contributed by atoms with Crippen LogP contribution in [-0.2, 0) is 0 Å². The standard InChI is InChI=1S/C10H19/c1-6-8-10(5,7-2)9(3)4/h7H,2,6,8H2,1,3-5H3. The van der Waals surface area contributed by atoms with Gasteiger partial charge < -0.3 is 0 Å². The van der Waals surface area contributed by atoms with Gasteiger partial charge in [0, 0.05) is 0 Å². The number of rotatable bonds is 4. The Balaban J connectivity index is 4.08. The monoisotopic (exact) mass is 139 g/mol. The van der Waals surface area contributed by atoms with Crippen molar-refractivity contribution in [3.05, 3.63) is 18.6 Å². The summed E-state index contributed by atoms with van der Waals surface area (Å²) in [5.41, 5.74) is 0.273. The molecule has 0 aliphatic heterocycles. The molecule has 0 aromatic carbocycles. The van der Waals surface area contributed by atoms with Gasteiger partial charge in [0.1, 0.15) is 0 Å². The average Bonchev–Trinajstić information content (AvgIpc) is 1.88. The van der Waals surface area contributed by atoms with E-state index in [4.69, 9.17) is 0 Å². The lowest BCUT2D eigenvalue weighted by Crippen LogP contribution is -2.18. The summed E-state index contributed by atoms with van der Waals surface area (Å²) in [7, 11) is 0. The maximum Gasteiger partial charge on any atom is -0.00928 e. The molecule has 0 bridgehead atoms. The Kier molecular flexibility index (Phi) is 3.70. The lowest BCUT2D eigenvalue weighted by Gasteiger charge is -2.29. The fourth-order valence-corrected chi connectivity index (χ4v) is 1.08. The zero-order chi connectivity index (χ0) is 8.20. The summed E-state index contributed by atoms with van der Waals surface area (Å²) in [4.78, 5) is 0. The smallest absolute Gasteiger partial charge is 0.00928 e. The van der Waals surface area contributed by atoms with E-state index in [0.717, 1.165) is 0 Å². The highest BCUT2D eigenvalue weighted by Gasteiger charge is 2.23. The van der Waals surface area contributed by atoms with Crippen molar-refractivity contribution in [3.8, 4) is 0 Å². The molecule has 1 atom stereocenters. The van der Waals surface area contributed by atoms with E-state index in [1.807, 2.05) is 0 Å². The van der Waals surface area contributed by atoms with Crippen LogP contribution in [-0.4, -0.2) is 0 Å². The van der Waals surface area contributed by atoms with E-state index in [1.54, 1.807) is 0 Å². The van der Waals surface area contributed by atoms with Gasteiger partial charge in [0.25, 0.3) is 0 Å². The van der Waals surface area contributed by atoms with Gasteiger partial charge in [-0.05, 0) is 17.8 Å². The van der Waals surface area contributed by atoms with Crippen LogP contribution in [0.15, 0.2) is 12.7 Å². The first-order valence-electron chi connectivity index (χ1n) is 4.01. The van der Waals surface area contributed by atoms with Crippen LogP contribution in [0.5, 0.6) is 0 Å². The van der Waals surface area contributed by atoms with Crippen LogP contribution >= 0.6 is 0 Å². The van der Waals surface area contributed by atoms with Crippen LogP contribution in [0.1, 0.15) is 40.5 Å². The van der Waals surface area contributed by atoms with Crippen LogP contribution < -0.4 is 0 Å². The first kappa shape index (κ1) is 9.74. The summed E-state index contributed by atoms with van der Waals surface area (Å²) in [5.74, 6) is 1.46.